The molecular weight excluding hydrogens is 370 g/mol. The van der Waals surface area contributed by atoms with E-state index in [1.165, 1.54) is 19.6 Å². The van der Waals surface area contributed by atoms with Crippen LogP contribution in [-0.4, -0.2) is 56.2 Å². The fraction of sp³-hybridized carbons (Fsp3) is 0.364. The van der Waals surface area contributed by atoms with E-state index >= 15 is 0 Å². The molecule has 29 heavy (non-hydrogen) atoms. The summed E-state index contributed by atoms with van der Waals surface area (Å²) in [7, 11) is 1.47. The van der Waals surface area contributed by atoms with Crippen molar-refractivity contribution in [3.05, 3.63) is 59.7 Å². The highest BCUT2D eigenvalue weighted by Crippen LogP contribution is 2.26. The molecule has 0 saturated carbocycles. The Morgan fingerprint density at radius 3 is 2.66 bits per heavy atom. The van der Waals surface area contributed by atoms with Gasteiger partial charge in [-0.2, -0.15) is 0 Å². The lowest BCUT2D eigenvalue weighted by Crippen LogP contribution is -2.48. The number of ether oxygens (including phenoxy) is 2. The number of hydrogen-bond acceptors (Lipinski definition) is 5. The molecule has 0 bridgehead atoms. The predicted molar refractivity (Wildman–Crippen MR) is 111 cm³/mol. The minimum Gasteiger partial charge on any atom is -0.496 e. The molecule has 2 aromatic carbocycles. The molecule has 2 N–H and O–H groups in total. The summed E-state index contributed by atoms with van der Waals surface area (Å²) in [6.45, 7) is 4.98. The van der Waals surface area contributed by atoms with Gasteiger partial charge >= 0.3 is 0 Å². The maximum Gasteiger partial charge on any atom is 0.252 e. The van der Waals surface area contributed by atoms with E-state index < -0.39 is 5.91 Å². The molecule has 1 heterocycles. The zero-order valence-corrected chi connectivity index (χ0v) is 16.8. The Balaban J connectivity index is 1.72. The van der Waals surface area contributed by atoms with Gasteiger partial charge in [-0.25, -0.2) is 0 Å². The van der Waals surface area contributed by atoms with Gasteiger partial charge in [0.2, 0.25) is 5.91 Å². The summed E-state index contributed by atoms with van der Waals surface area (Å²) in [4.78, 5) is 27.8. The summed E-state index contributed by atoms with van der Waals surface area (Å²) in [6, 6.07) is 15.2. The zero-order chi connectivity index (χ0) is 20.8. The average molecular weight is 397 g/mol. The van der Waals surface area contributed by atoms with Crippen molar-refractivity contribution >= 4 is 17.5 Å². The average Bonchev–Trinajstić information content (AvgIpc) is 2.72. The number of rotatable bonds is 7. The molecule has 0 aromatic heterocycles. The standard InChI is InChI=1S/C22H27N3O4/c1-16(26)25(18-8-9-20(22(23)27)21(12-18)28-2)15-19-14-24(10-11-29-19)13-17-6-4-3-5-7-17/h3-9,12,19H,10-11,13-15H2,1-2H3,(H2,23,27). The first-order valence-electron chi connectivity index (χ1n) is 9.61. The maximum atomic E-state index is 12.3. The van der Waals surface area contributed by atoms with Crippen LogP contribution in [0.1, 0.15) is 22.8 Å². The first kappa shape index (κ1) is 20.8. The van der Waals surface area contributed by atoms with Crippen LogP contribution in [0.4, 0.5) is 5.69 Å². The van der Waals surface area contributed by atoms with E-state index in [0.717, 1.165) is 19.6 Å². The number of morpholine rings is 1. The number of nitrogens with two attached hydrogens (primary N) is 1. The smallest absolute Gasteiger partial charge is 0.252 e. The Morgan fingerprint density at radius 2 is 2.00 bits per heavy atom. The van der Waals surface area contributed by atoms with Gasteiger partial charge in [-0.3, -0.25) is 14.5 Å². The molecular formula is C22H27N3O4. The third kappa shape index (κ3) is 5.34. The Kier molecular flexibility index (Phi) is 6.85. The number of amides is 2. The van der Waals surface area contributed by atoms with E-state index in [2.05, 4.69) is 17.0 Å². The van der Waals surface area contributed by atoms with Gasteiger partial charge in [0.05, 0.1) is 31.9 Å². The fourth-order valence-corrected chi connectivity index (χ4v) is 3.55. The van der Waals surface area contributed by atoms with Crippen molar-refractivity contribution in [2.75, 3.05) is 38.3 Å². The molecule has 2 amide bonds. The summed E-state index contributed by atoms with van der Waals surface area (Å²) in [5, 5.41) is 0. The number of anilines is 1. The van der Waals surface area contributed by atoms with Gasteiger partial charge in [-0.1, -0.05) is 30.3 Å². The molecule has 2 aromatic rings. The molecule has 1 aliphatic rings. The lowest BCUT2D eigenvalue weighted by Gasteiger charge is -2.35. The molecule has 1 saturated heterocycles. The molecule has 0 aliphatic carbocycles. The lowest BCUT2D eigenvalue weighted by atomic mass is 10.1. The maximum absolute atomic E-state index is 12.3. The van der Waals surface area contributed by atoms with Crippen molar-refractivity contribution < 1.29 is 19.1 Å². The number of benzene rings is 2. The Bertz CT molecular complexity index is 856. The van der Waals surface area contributed by atoms with Gasteiger partial charge in [0.15, 0.2) is 0 Å². The monoisotopic (exact) mass is 397 g/mol. The van der Waals surface area contributed by atoms with Gasteiger partial charge in [0.1, 0.15) is 5.75 Å². The van der Waals surface area contributed by atoms with E-state index in [-0.39, 0.29) is 17.6 Å². The van der Waals surface area contributed by atoms with Crippen LogP contribution in [0.2, 0.25) is 0 Å². The highest BCUT2D eigenvalue weighted by molar-refractivity contribution is 5.97. The van der Waals surface area contributed by atoms with Crippen molar-refractivity contribution in [3.63, 3.8) is 0 Å². The van der Waals surface area contributed by atoms with Crippen LogP contribution in [0.15, 0.2) is 48.5 Å². The van der Waals surface area contributed by atoms with Gasteiger partial charge in [-0.05, 0) is 17.7 Å². The van der Waals surface area contributed by atoms with Crippen LogP contribution < -0.4 is 15.4 Å². The van der Waals surface area contributed by atoms with Gasteiger partial charge in [0.25, 0.3) is 5.91 Å². The number of nitrogens with zero attached hydrogens (tertiary/aromatic N) is 2. The van der Waals surface area contributed by atoms with E-state index in [0.29, 0.717) is 24.6 Å². The molecule has 7 nitrogen and oxygen atoms in total. The largest absolute Gasteiger partial charge is 0.496 e. The molecule has 3 rings (SSSR count). The summed E-state index contributed by atoms with van der Waals surface area (Å²) in [5.41, 5.74) is 7.55. The molecule has 1 aliphatic heterocycles. The SMILES string of the molecule is COc1cc(N(CC2CN(Cc3ccccc3)CCO2)C(C)=O)ccc1C(N)=O. The van der Waals surface area contributed by atoms with E-state index in [1.807, 2.05) is 18.2 Å². The minimum absolute atomic E-state index is 0.109. The van der Waals surface area contributed by atoms with Crippen LogP contribution in [-0.2, 0) is 16.1 Å². The lowest BCUT2D eigenvalue weighted by molar-refractivity contribution is -0.117. The highest BCUT2D eigenvalue weighted by Gasteiger charge is 2.25. The summed E-state index contributed by atoms with van der Waals surface area (Å²) in [5.74, 6) is -0.339. The number of primary amides is 1. The highest BCUT2D eigenvalue weighted by atomic mass is 16.5. The van der Waals surface area contributed by atoms with Crippen LogP contribution in [0.3, 0.4) is 0 Å². The number of methoxy groups -OCH3 is 1. The number of carbonyl (C=O) groups is 2. The summed E-state index contributed by atoms with van der Waals surface area (Å²) in [6.07, 6.45) is -0.113. The van der Waals surface area contributed by atoms with Crippen molar-refractivity contribution in [1.29, 1.82) is 0 Å². The quantitative estimate of drug-likeness (QED) is 0.773. The molecule has 7 heteroatoms. The van der Waals surface area contributed by atoms with Gasteiger partial charge in [0, 0.05) is 38.3 Å². The molecule has 1 atom stereocenters. The van der Waals surface area contributed by atoms with Crippen molar-refractivity contribution in [3.8, 4) is 5.75 Å². The Hall–Kier alpha value is -2.90. The van der Waals surface area contributed by atoms with Crippen LogP contribution in [0.5, 0.6) is 5.75 Å². The van der Waals surface area contributed by atoms with Gasteiger partial charge < -0.3 is 20.1 Å². The fourth-order valence-electron chi connectivity index (χ4n) is 3.55. The van der Waals surface area contributed by atoms with E-state index in [4.69, 9.17) is 15.2 Å². The third-order valence-corrected chi connectivity index (χ3v) is 5.00. The first-order chi connectivity index (χ1) is 14.0. The molecule has 154 valence electrons. The number of carbonyl (C=O) groups excluding carboxylic acids is 2. The molecule has 0 radical (unpaired) electrons. The molecule has 0 spiro atoms. The predicted octanol–water partition coefficient (Wildman–Crippen LogP) is 2.05. The molecule has 1 fully saturated rings. The second kappa shape index (κ2) is 9.54. The second-order valence-corrected chi connectivity index (χ2v) is 7.09. The first-order valence-corrected chi connectivity index (χ1v) is 9.61. The zero-order valence-electron chi connectivity index (χ0n) is 16.8. The number of hydrogen-bond donors (Lipinski definition) is 1. The van der Waals surface area contributed by atoms with Crippen molar-refractivity contribution in [2.45, 2.75) is 19.6 Å². The topological polar surface area (TPSA) is 85.1 Å². The van der Waals surface area contributed by atoms with E-state index in [1.54, 1.807) is 23.1 Å². The molecule has 1 unspecified atom stereocenters. The normalized spacial score (nSPS) is 17.0. The van der Waals surface area contributed by atoms with Gasteiger partial charge in [-0.15, -0.1) is 0 Å². The Morgan fingerprint density at radius 1 is 1.24 bits per heavy atom. The van der Waals surface area contributed by atoms with Crippen molar-refractivity contribution in [2.24, 2.45) is 5.73 Å². The summed E-state index contributed by atoms with van der Waals surface area (Å²) < 4.78 is 11.2. The third-order valence-electron chi connectivity index (χ3n) is 5.00. The van der Waals surface area contributed by atoms with Crippen LogP contribution in [0, 0.1) is 0 Å². The Labute approximate surface area is 171 Å². The van der Waals surface area contributed by atoms with Crippen LogP contribution in [0.25, 0.3) is 0 Å². The van der Waals surface area contributed by atoms with E-state index in [9.17, 15) is 9.59 Å². The van der Waals surface area contributed by atoms with Crippen molar-refractivity contribution in [1.82, 2.24) is 4.90 Å². The second-order valence-electron chi connectivity index (χ2n) is 7.09. The summed E-state index contributed by atoms with van der Waals surface area (Å²) >= 11 is 0. The van der Waals surface area contributed by atoms with Crippen LogP contribution >= 0.6 is 0 Å². The minimum atomic E-state index is -0.574.